The van der Waals surface area contributed by atoms with Crippen LogP contribution in [0.2, 0.25) is 0 Å². The van der Waals surface area contributed by atoms with Crippen molar-refractivity contribution in [2.45, 2.75) is 20.3 Å². The van der Waals surface area contributed by atoms with Crippen molar-refractivity contribution in [1.82, 2.24) is 10.3 Å². The fourth-order valence-corrected chi connectivity index (χ4v) is 0.788. The minimum Gasteiger partial charge on any atom is -0.337 e. The topological polar surface area (TPSA) is 75.4 Å². The summed E-state index contributed by atoms with van der Waals surface area (Å²) in [7, 11) is 1.58. The van der Waals surface area contributed by atoms with Gasteiger partial charge in [0.05, 0.1) is 0 Å². The number of hydrazine groups is 1. The Hall–Kier alpha value is -1.10. The lowest BCUT2D eigenvalue weighted by atomic mass is 10.1. The van der Waals surface area contributed by atoms with E-state index in [2.05, 4.69) is 13.8 Å². The lowest BCUT2D eigenvalue weighted by molar-refractivity contribution is -0.145. The van der Waals surface area contributed by atoms with E-state index in [4.69, 9.17) is 5.84 Å². The first kappa shape index (κ1) is 11.9. The molecular weight excluding hydrogens is 170 g/mol. The van der Waals surface area contributed by atoms with Crippen LogP contribution in [0.15, 0.2) is 0 Å². The van der Waals surface area contributed by atoms with Crippen molar-refractivity contribution in [3.63, 3.8) is 0 Å². The molecule has 0 saturated carbocycles. The minimum absolute atomic E-state index is 0.510. The zero-order valence-electron chi connectivity index (χ0n) is 8.33. The molecule has 0 aliphatic rings. The monoisotopic (exact) mass is 187 g/mol. The fourth-order valence-electron chi connectivity index (χ4n) is 0.788. The first-order valence-corrected chi connectivity index (χ1v) is 4.25. The maximum absolute atomic E-state index is 11.1. The third kappa shape index (κ3) is 4.47. The number of rotatable bonds is 3. The minimum atomic E-state index is -0.772. The van der Waals surface area contributed by atoms with Gasteiger partial charge in [-0.3, -0.25) is 15.0 Å². The molecule has 0 saturated heterocycles. The highest BCUT2D eigenvalue weighted by Crippen LogP contribution is 2.00. The van der Waals surface area contributed by atoms with E-state index in [0.717, 1.165) is 6.42 Å². The Labute approximate surface area is 78.2 Å². The number of hydrogen-bond acceptors (Lipinski definition) is 3. The molecule has 0 heterocycles. The molecule has 0 rings (SSSR count). The highest BCUT2D eigenvalue weighted by atomic mass is 16.2. The Morgan fingerprint density at radius 1 is 1.46 bits per heavy atom. The lowest BCUT2D eigenvalue weighted by Crippen LogP contribution is -2.44. The van der Waals surface area contributed by atoms with Crippen LogP contribution in [0.5, 0.6) is 0 Å². The standard InChI is InChI=1S/C8H17N3O2/c1-6(2)4-5-11(3)8(13)7(12)10-9/h6H,4-5,9H2,1-3H3,(H,10,12). The van der Waals surface area contributed by atoms with Gasteiger partial charge >= 0.3 is 11.8 Å². The largest absolute Gasteiger partial charge is 0.337 e. The number of nitrogens with one attached hydrogen (secondary N) is 1. The van der Waals surface area contributed by atoms with Gasteiger partial charge in [-0.1, -0.05) is 13.8 Å². The Morgan fingerprint density at radius 3 is 2.38 bits per heavy atom. The molecule has 0 fully saturated rings. The molecule has 5 nitrogen and oxygen atoms in total. The number of carbonyl (C=O) groups is 2. The Balaban J connectivity index is 3.89. The maximum atomic E-state index is 11.1. The third-order valence-electron chi connectivity index (χ3n) is 1.71. The molecule has 0 aliphatic heterocycles. The van der Waals surface area contributed by atoms with Crippen LogP contribution in [-0.2, 0) is 9.59 Å². The summed E-state index contributed by atoms with van der Waals surface area (Å²) in [6.07, 6.45) is 0.875. The molecule has 76 valence electrons. The molecular formula is C8H17N3O2. The van der Waals surface area contributed by atoms with E-state index in [0.29, 0.717) is 12.5 Å². The molecule has 5 heteroatoms. The smallest absolute Gasteiger partial charge is 0.323 e. The first-order valence-electron chi connectivity index (χ1n) is 4.25. The van der Waals surface area contributed by atoms with Crippen molar-refractivity contribution in [2.75, 3.05) is 13.6 Å². The van der Waals surface area contributed by atoms with Crippen molar-refractivity contribution in [3.05, 3.63) is 0 Å². The summed E-state index contributed by atoms with van der Waals surface area (Å²) in [6.45, 7) is 4.69. The van der Waals surface area contributed by atoms with Crippen molar-refractivity contribution in [3.8, 4) is 0 Å². The van der Waals surface area contributed by atoms with Crippen LogP contribution in [0.3, 0.4) is 0 Å². The Bertz CT molecular complexity index is 192. The molecule has 0 atom stereocenters. The molecule has 0 aromatic carbocycles. The number of carbonyl (C=O) groups excluding carboxylic acids is 2. The number of nitrogens with two attached hydrogens (primary N) is 1. The second-order valence-electron chi connectivity index (χ2n) is 3.38. The zero-order chi connectivity index (χ0) is 10.4. The summed E-state index contributed by atoms with van der Waals surface area (Å²) in [4.78, 5) is 23.3. The van der Waals surface area contributed by atoms with Crippen molar-refractivity contribution in [2.24, 2.45) is 11.8 Å². The van der Waals surface area contributed by atoms with Crippen LogP contribution >= 0.6 is 0 Å². The van der Waals surface area contributed by atoms with Crippen LogP contribution < -0.4 is 11.3 Å². The van der Waals surface area contributed by atoms with Crippen LogP contribution in [-0.4, -0.2) is 30.3 Å². The van der Waals surface area contributed by atoms with Gasteiger partial charge in [0, 0.05) is 13.6 Å². The first-order chi connectivity index (χ1) is 5.99. The van der Waals surface area contributed by atoms with Crippen molar-refractivity contribution in [1.29, 1.82) is 0 Å². The van der Waals surface area contributed by atoms with Gasteiger partial charge in [0.2, 0.25) is 0 Å². The molecule has 0 spiro atoms. The normalized spacial score (nSPS) is 9.92. The molecule has 2 amide bonds. The molecule has 0 bridgehead atoms. The average Bonchev–Trinajstić information content (AvgIpc) is 2.11. The van der Waals surface area contributed by atoms with Crippen molar-refractivity contribution < 1.29 is 9.59 Å². The van der Waals surface area contributed by atoms with E-state index in [9.17, 15) is 9.59 Å². The van der Waals surface area contributed by atoms with Crippen LogP contribution in [0.4, 0.5) is 0 Å². The van der Waals surface area contributed by atoms with Gasteiger partial charge in [0.15, 0.2) is 0 Å². The average molecular weight is 187 g/mol. The molecule has 0 unspecified atom stereocenters. The van der Waals surface area contributed by atoms with Crippen molar-refractivity contribution >= 4 is 11.8 Å². The number of likely N-dealkylation sites (N-methyl/N-ethyl adjacent to an activating group) is 1. The Kier molecular flexibility index (Phi) is 5.06. The summed E-state index contributed by atoms with van der Waals surface area (Å²) in [5.41, 5.74) is 1.80. The highest BCUT2D eigenvalue weighted by molar-refractivity contribution is 6.34. The number of amides is 2. The quantitative estimate of drug-likeness (QED) is 0.270. The van der Waals surface area contributed by atoms with Crippen LogP contribution in [0, 0.1) is 5.92 Å². The second kappa shape index (κ2) is 5.53. The van der Waals surface area contributed by atoms with E-state index in [-0.39, 0.29) is 0 Å². The van der Waals surface area contributed by atoms with Gasteiger partial charge < -0.3 is 4.90 Å². The van der Waals surface area contributed by atoms with E-state index < -0.39 is 11.8 Å². The molecule has 0 aromatic rings. The summed E-state index contributed by atoms with van der Waals surface area (Å²) >= 11 is 0. The fraction of sp³-hybridized carbons (Fsp3) is 0.750. The molecule has 0 aliphatic carbocycles. The highest BCUT2D eigenvalue weighted by Gasteiger charge is 2.16. The summed E-state index contributed by atoms with van der Waals surface area (Å²) in [5.74, 6) is 3.96. The summed E-state index contributed by atoms with van der Waals surface area (Å²) in [5, 5.41) is 0. The molecule has 3 N–H and O–H groups in total. The van der Waals surface area contributed by atoms with Crippen LogP contribution in [0.1, 0.15) is 20.3 Å². The van der Waals surface area contributed by atoms with Gasteiger partial charge in [-0.05, 0) is 12.3 Å². The van der Waals surface area contributed by atoms with E-state index in [1.807, 2.05) is 0 Å². The van der Waals surface area contributed by atoms with Gasteiger partial charge in [-0.25, -0.2) is 5.84 Å². The van der Waals surface area contributed by atoms with E-state index in [1.165, 1.54) is 4.90 Å². The maximum Gasteiger partial charge on any atom is 0.323 e. The number of hydrogen-bond donors (Lipinski definition) is 2. The summed E-state index contributed by atoms with van der Waals surface area (Å²) in [6, 6.07) is 0. The van der Waals surface area contributed by atoms with E-state index >= 15 is 0 Å². The predicted octanol–water partition coefficient (Wildman–Crippen LogP) is -0.519. The van der Waals surface area contributed by atoms with Gasteiger partial charge in [0.25, 0.3) is 0 Å². The SMILES string of the molecule is CC(C)CCN(C)C(=O)C(=O)NN. The van der Waals surface area contributed by atoms with Gasteiger partial charge in [-0.15, -0.1) is 0 Å². The predicted molar refractivity (Wildman–Crippen MR) is 49.4 cm³/mol. The molecule has 13 heavy (non-hydrogen) atoms. The van der Waals surface area contributed by atoms with E-state index in [1.54, 1.807) is 12.5 Å². The molecule has 0 aromatic heterocycles. The Morgan fingerprint density at radius 2 is 2.00 bits per heavy atom. The summed E-state index contributed by atoms with van der Waals surface area (Å²) < 4.78 is 0. The third-order valence-corrected chi connectivity index (χ3v) is 1.71. The number of nitrogens with zero attached hydrogens (tertiary/aromatic N) is 1. The van der Waals surface area contributed by atoms with Crippen LogP contribution in [0.25, 0.3) is 0 Å². The zero-order valence-corrected chi connectivity index (χ0v) is 8.33. The van der Waals surface area contributed by atoms with Gasteiger partial charge in [0.1, 0.15) is 0 Å². The lowest BCUT2D eigenvalue weighted by Gasteiger charge is -2.16. The second-order valence-corrected chi connectivity index (χ2v) is 3.38. The van der Waals surface area contributed by atoms with Gasteiger partial charge in [-0.2, -0.15) is 0 Å². The molecule has 0 radical (unpaired) electrons.